The maximum Gasteiger partial charge on any atom is 2.00 e. The second-order valence-corrected chi connectivity index (χ2v) is 53.5. The number of hydrogen-bond donors (Lipinski definition) is 8. The van der Waals surface area contributed by atoms with Gasteiger partial charge in [0.15, 0.2) is 22.8 Å². The molecule has 7 aromatic heterocycles. The molecule has 15 aromatic rings. The minimum atomic E-state index is -2.27. The van der Waals surface area contributed by atoms with Gasteiger partial charge in [-0.05, 0) is 215 Å². The van der Waals surface area contributed by atoms with Crippen LogP contribution < -0.4 is 60.3 Å². The van der Waals surface area contributed by atoms with Crippen molar-refractivity contribution in [3.05, 3.63) is 354 Å². The third kappa shape index (κ3) is 31.8. The second-order valence-electron chi connectivity index (χ2n) is 37.4. The van der Waals surface area contributed by atoms with E-state index in [0.717, 1.165) is 105 Å². The van der Waals surface area contributed by atoms with Gasteiger partial charge in [0, 0.05) is 112 Å². The van der Waals surface area contributed by atoms with Crippen LogP contribution in [0.2, 0.25) is 13.3 Å². The summed E-state index contributed by atoms with van der Waals surface area (Å²) >= 11 is 6.73. The largest absolute Gasteiger partial charge is 2.00 e. The zero-order valence-corrected chi connectivity index (χ0v) is 95.6. The van der Waals surface area contributed by atoms with Crippen LogP contribution in [0.5, 0.6) is 0 Å². The number of carbonyl (C=O) groups excluding carboxylic acids is 7. The topological polar surface area (TPSA) is 444 Å². The molecule has 0 saturated heterocycles. The molecule has 5 aliphatic rings. The van der Waals surface area contributed by atoms with Crippen molar-refractivity contribution < 1.29 is 46.0 Å². The Morgan fingerprint density at radius 2 is 0.727 bits per heavy atom. The fraction of sp³-hybridized carbons (Fsp3) is 0.289. The Morgan fingerprint density at radius 1 is 0.400 bits per heavy atom. The van der Waals surface area contributed by atoms with Crippen LogP contribution >= 0.6 is 54.5 Å². The first-order valence-electron chi connectivity index (χ1n) is 50.1. The number of nitriles is 1. The second kappa shape index (κ2) is 56.2. The fourth-order valence-electron chi connectivity index (χ4n) is 16.6. The molecule has 0 aliphatic heterocycles. The van der Waals surface area contributed by atoms with E-state index in [0.29, 0.717) is 67.7 Å². The van der Waals surface area contributed by atoms with Gasteiger partial charge in [0.2, 0.25) is 17.3 Å². The number of nitrogens with one attached hydrogen (secondary N) is 4. The average Bonchev–Trinajstić information content (AvgIpc) is 1.62. The molecule has 12 N–H and O–H groups in total. The van der Waals surface area contributed by atoms with Gasteiger partial charge in [-0.25, -0.2) is 19.9 Å². The van der Waals surface area contributed by atoms with Gasteiger partial charge >= 0.3 is 146 Å². The van der Waals surface area contributed by atoms with E-state index in [4.69, 9.17) is 33.2 Å². The van der Waals surface area contributed by atoms with Crippen LogP contribution in [-0.2, 0) is 0 Å². The first-order valence-corrected chi connectivity index (χ1v) is 60.3. The Labute approximate surface area is 932 Å². The van der Waals surface area contributed by atoms with E-state index in [1.807, 2.05) is 101 Å². The van der Waals surface area contributed by atoms with Gasteiger partial charge < -0.3 is 63.0 Å². The van der Waals surface area contributed by atoms with Crippen LogP contribution in [0.4, 0.5) is 23.3 Å². The van der Waals surface area contributed by atoms with Gasteiger partial charge in [0.25, 0.3) is 23.6 Å². The Hall–Kier alpha value is -13.0. The summed E-state index contributed by atoms with van der Waals surface area (Å²) in [5.41, 5.74) is 38.7. The number of aromatic nitrogens is 14. The number of ketones is 3. The van der Waals surface area contributed by atoms with Gasteiger partial charge in [-0.1, -0.05) is 130 Å². The van der Waals surface area contributed by atoms with Gasteiger partial charge in [-0.2, -0.15) is 18.1 Å². The third-order valence-corrected chi connectivity index (χ3v) is 42.6. The number of benzene rings is 8. The number of unbranched alkanes of at least 4 members (excludes halogenated alkanes) is 3. The first kappa shape index (κ1) is 116. The van der Waals surface area contributed by atoms with Crippen LogP contribution in [0.25, 0.3) is 45.3 Å². The Bertz CT molecular complexity index is 6970. The van der Waals surface area contributed by atoms with Gasteiger partial charge in [0.05, 0.1) is 46.5 Å². The molecule has 0 atom stereocenters. The zero-order valence-electron chi connectivity index (χ0n) is 85.2. The number of hydrogen-bond acceptors (Lipinski definition) is 22. The molecule has 4 amide bonds. The van der Waals surface area contributed by atoms with Crippen molar-refractivity contribution in [1.82, 2.24) is 89.4 Å². The zero-order chi connectivity index (χ0) is 105. The molecule has 5 aliphatic carbocycles. The first-order chi connectivity index (χ1) is 71.6. The number of aryl methyl sites for hydroxylation is 4. The maximum atomic E-state index is 13.2. The Morgan fingerprint density at radius 3 is 1.01 bits per heavy atom. The summed E-state index contributed by atoms with van der Waals surface area (Å²) in [7, 11) is 0. The number of nitrogens with zero attached hydrogens (tertiary/aromatic N) is 15. The molecule has 150 heavy (non-hydrogen) atoms. The quantitative estimate of drug-likeness (QED) is 0.00897. The van der Waals surface area contributed by atoms with E-state index in [1.165, 1.54) is 117 Å². The monoisotopic (exact) mass is 2390 g/mol. The molecule has 30 nitrogen and oxygen atoms in total. The summed E-state index contributed by atoms with van der Waals surface area (Å²) in [5, 5.41) is 20.8. The Kier molecular flexibility index (Phi) is 43.3. The molecule has 36 heteroatoms. The molecule has 5 saturated carbocycles. The number of anilines is 4. The smallest absolute Gasteiger partial charge is 1.00 e. The van der Waals surface area contributed by atoms with Crippen molar-refractivity contribution in [2.24, 2.45) is 0 Å². The molecule has 770 valence electrons. The third-order valence-electron chi connectivity index (χ3n) is 25.8. The number of nitrogens with two attached hydrogens (primary N) is 4. The Balaban J connectivity index is 0.000000162. The SMILES string of the molecule is Brc1cccc(I)c1.CCC[CH2][Sn]([CH2]CCC)([CH2]CCC)[c]1cnccn1.Cc1ccc(C(=O)NC2CC2)cc1-n1cnc(C#N)c1N.Cc1ccc(C(=O)NC2CC2)cc1-n1cnc(C(=O)c2cccc(-c3cnccn3)c2)c1N.Cc1ccc(C(=O)NC2CC2)cc1-n1cnc(C(=O)c2cccc(-c3cnccn3)c2)c1N.Cc1ccc(C(=O)NC2CC2)cc1-n1cnc(C(=O)c2cccc(Br)c2)c1N.[CH-]1CCCCC1.[Cl-].[Mg+2]. The maximum absolute atomic E-state index is 13.2. The van der Waals surface area contributed by atoms with E-state index < -0.39 is 18.4 Å². The van der Waals surface area contributed by atoms with Gasteiger partial charge in [-0.3, -0.25) is 71.8 Å². The summed E-state index contributed by atoms with van der Waals surface area (Å²) in [6.45, 7) is 14.6. The molecule has 7 heterocycles. The van der Waals surface area contributed by atoms with Crippen LogP contribution in [0.3, 0.4) is 0 Å². The molecule has 0 unspecified atom stereocenters. The molecule has 5 fully saturated rings. The number of nitrogen functional groups attached to an aromatic ring is 4. The van der Waals surface area contributed by atoms with Crippen molar-refractivity contribution in [3.63, 3.8) is 0 Å². The van der Waals surface area contributed by atoms with Gasteiger partial charge in [-0.15, -0.1) is 0 Å². The van der Waals surface area contributed by atoms with Crippen molar-refractivity contribution in [1.29, 1.82) is 5.26 Å². The van der Waals surface area contributed by atoms with Crippen LogP contribution in [0.15, 0.2) is 260 Å². The summed E-state index contributed by atoms with van der Waals surface area (Å²) in [6, 6.07) is 54.3. The molecular weight excluding hydrogens is 2270 g/mol. The fourth-order valence-corrected chi connectivity index (χ4v) is 33.6. The number of imidazole rings is 4. The summed E-state index contributed by atoms with van der Waals surface area (Å²) in [5.74, 6) is -0.309. The molecule has 0 bridgehead atoms. The predicted molar refractivity (Wildman–Crippen MR) is 603 cm³/mol. The standard InChI is InChI=1S/2C25H22N6O2.C21H19BrN4O2.C15H15N5O.C6H4BrI.C6H11.C4H3N2.3C4H9.ClH.Mg.Sn/c2*1-15-5-6-18(25(33)30-19-7-8-19)12-21(15)31-14-29-22(24(31)26)23(32)17-4-2-3-16(11-17)20-13-27-9-10-28-20;1-12-5-6-14(21(28)25-16-7-8-16)10-17(12)26-11-24-18(20(26)23)19(27)13-3-2-4-15(22)9-13;1-9-2-3-10(15(21)19-11-4-5-11)6-13(9)20-8-18-12(7-16)14(20)17;7-5-2-1-3-6(8)4-5;1-2-4-6-5-3-1;1-2-6-4-3-5-1;3*1-3-4-2;;;/h2*2-6,9-14,19H,7-8,26H2,1H3,(H,30,33);2-6,9-11,16H,7-8,23H2,1H3,(H,25,28);2-3,6,8,11H,4-5,17H2,1H3,(H,19,21);1-4H;1H,2-6H2;1-3H;3*1,3-4H2,2H3;1H;;/q;;;;;-1;;;;;;+2;/p-1. The van der Waals surface area contributed by atoms with Crippen LogP contribution in [0.1, 0.15) is 260 Å². The molecule has 20 rings (SSSR count). The molecular formula is C114H123Br2ClIMgN23O7Sn. The normalized spacial score (nSPS) is 13.1. The number of rotatable bonds is 30. The molecule has 8 aromatic carbocycles. The van der Waals surface area contributed by atoms with Crippen molar-refractivity contribution >= 4 is 164 Å². The summed E-state index contributed by atoms with van der Waals surface area (Å²) < 4.78 is 15.6. The van der Waals surface area contributed by atoms with Crippen LogP contribution in [-0.4, -0.2) is 175 Å². The van der Waals surface area contributed by atoms with E-state index in [-0.39, 0.29) is 141 Å². The predicted octanol–water partition coefficient (Wildman–Crippen LogP) is 18.2. The van der Waals surface area contributed by atoms with Crippen molar-refractivity contribution in [3.8, 4) is 51.3 Å². The van der Waals surface area contributed by atoms with Crippen LogP contribution in [0, 0.1) is 49.0 Å². The van der Waals surface area contributed by atoms with Crippen molar-refractivity contribution in [2.45, 2.75) is 208 Å². The molecule has 0 radical (unpaired) electrons. The van der Waals surface area contributed by atoms with E-state index >= 15 is 0 Å². The number of amides is 4. The van der Waals surface area contributed by atoms with Crippen molar-refractivity contribution in [2.75, 3.05) is 22.9 Å². The minimum Gasteiger partial charge on any atom is -1.00 e. The van der Waals surface area contributed by atoms with E-state index in [1.54, 1.807) is 159 Å². The number of carbonyl (C=O) groups is 7. The number of halogens is 4. The summed E-state index contributed by atoms with van der Waals surface area (Å²) in [4.78, 5) is 131. The average molecular weight is 2390 g/mol. The van der Waals surface area contributed by atoms with E-state index in [9.17, 15) is 33.6 Å². The summed E-state index contributed by atoms with van der Waals surface area (Å²) in [6.07, 6.45) is 47.4. The van der Waals surface area contributed by atoms with E-state index in [2.05, 4.69) is 166 Å². The molecule has 0 spiro atoms. The minimum absolute atomic E-state index is 0. The van der Waals surface area contributed by atoms with Gasteiger partial charge in [0.1, 0.15) is 54.6 Å².